The molecule has 2 unspecified atom stereocenters. The molecule has 19 heavy (non-hydrogen) atoms. The maximum atomic E-state index is 6.23. The predicted octanol–water partition coefficient (Wildman–Crippen LogP) is 2.31. The average molecular weight is 261 g/mol. The lowest BCUT2D eigenvalue weighted by molar-refractivity contribution is 0.182. The number of hydrogen-bond acceptors (Lipinski definition) is 3. The molecule has 0 radical (unpaired) electrons. The Kier molecular flexibility index (Phi) is 4.04. The molecule has 3 rings (SSSR count). The molecule has 2 aliphatic heterocycles. The standard InChI is InChI=1S/C16H23NO2/c17-15(10-13-5-7-18-11-13)3-1-12-2-4-16-14(9-12)6-8-19-16/h2,4,9,13,15H,1,3,5-8,10-11,17H2. The Morgan fingerprint density at radius 1 is 1.32 bits per heavy atom. The van der Waals surface area contributed by atoms with Crippen LogP contribution in [0, 0.1) is 5.92 Å². The molecule has 0 bridgehead atoms. The molecular weight excluding hydrogens is 238 g/mol. The molecule has 2 N–H and O–H groups in total. The number of benzene rings is 1. The van der Waals surface area contributed by atoms with E-state index in [9.17, 15) is 0 Å². The number of ether oxygens (including phenoxy) is 2. The van der Waals surface area contributed by atoms with Gasteiger partial charge in [0.25, 0.3) is 0 Å². The van der Waals surface area contributed by atoms with E-state index in [0.29, 0.717) is 12.0 Å². The first-order chi connectivity index (χ1) is 9.31. The fourth-order valence-electron chi connectivity index (χ4n) is 3.06. The molecule has 1 fully saturated rings. The highest BCUT2D eigenvalue weighted by Gasteiger charge is 2.19. The SMILES string of the molecule is NC(CCc1ccc2c(c1)CCO2)CC1CCOC1. The number of rotatable bonds is 5. The van der Waals surface area contributed by atoms with Gasteiger partial charge >= 0.3 is 0 Å². The van der Waals surface area contributed by atoms with Gasteiger partial charge in [0.1, 0.15) is 5.75 Å². The highest BCUT2D eigenvalue weighted by Crippen LogP contribution is 2.26. The van der Waals surface area contributed by atoms with Crippen LogP contribution in [-0.2, 0) is 17.6 Å². The zero-order valence-corrected chi connectivity index (χ0v) is 11.4. The first-order valence-electron chi connectivity index (χ1n) is 7.39. The normalized spacial score (nSPS) is 23.1. The highest BCUT2D eigenvalue weighted by atomic mass is 16.5. The van der Waals surface area contributed by atoms with Crippen molar-refractivity contribution in [3.05, 3.63) is 29.3 Å². The van der Waals surface area contributed by atoms with Gasteiger partial charge in [0, 0.05) is 25.7 Å². The first-order valence-corrected chi connectivity index (χ1v) is 7.39. The predicted molar refractivity (Wildman–Crippen MR) is 75.5 cm³/mol. The molecule has 0 aromatic heterocycles. The molecule has 3 heteroatoms. The molecule has 0 aliphatic carbocycles. The van der Waals surface area contributed by atoms with Crippen molar-refractivity contribution in [1.82, 2.24) is 0 Å². The highest BCUT2D eigenvalue weighted by molar-refractivity contribution is 5.39. The van der Waals surface area contributed by atoms with Crippen molar-refractivity contribution in [2.75, 3.05) is 19.8 Å². The fraction of sp³-hybridized carbons (Fsp3) is 0.625. The molecular formula is C16H23NO2. The van der Waals surface area contributed by atoms with Gasteiger partial charge in [-0.25, -0.2) is 0 Å². The van der Waals surface area contributed by atoms with Crippen LogP contribution in [0.2, 0.25) is 0 Å². The van der Waals surface area contributed by atoms with E-state index >= 15 is 0 Å². The van der Waals surface area contributed by atoms with Gasteiger partial charge in [-0.1, -0.05) is 12.1 Å². The number of nitrogens with two attached hydrogens (primary N) is 1. The van der Waals surface area contributed by atoms with Gasteiger partial charge in [0.15, 0.2) is 0 Å². The third-order valence-electron chi connectivity index (χ3n) is 4.22. The second-order valence-corrected chi connectivity index (χ2v) is 5.80. The van der Waals surface area contributed by atoms with E-state index in [-0.39, 0.29) is 0 Å². The molecule has 0 amide bonds. The summed E-state index contributed by atoms with van der Waals surface area (Å²) in [5.41, 5.74) is 8.98. The minimum absolute atomic E-state index is 0.302. The van der Waals surface area contributed by atoms with E-state index in [4.69, 9.17) is 15.2 Å². The number of fused-ring (bicyclic) bond motifs is 1. The third-order valence-corrected chi connectivity index (χ3v) is 4.22. The maximum absolute atomic E-state index is 6.23. The Bertz CT molecular complexity index is 427. The van der Waals surface area contributed by atoms with E-state index in [1.807, 2.05) is 0 Å². The minimum Gasteiger partial charge on any atom is -0.493 e. The van der Waals surface area contributed by atoms with Crippen molar-refractivity contribution in [3.8, 4) is 5.75 Å². The van der Waals surface area contributed by atoms with Crippen LogP contribution in [0.4, 0.5) is 0 Å². The van der Waals surface area contributed by atoms with Crippen molar-refractivity contribution in [1.29, 1.82) is 0 Å². The summed E-state index contributed by atoms with van der Waals surface area (Å²) in [5.74, 6) is 1.75. The molecule has 2 atom stereocenters. The van der Waals surface area contributed by atoms with Crippen LogP contribution >= 0.6 is 0 Å². The monoisotopic (exact) mass is 261 g/mol. The number of hydrogen-bond donors (Lipinski definition) is 1. The smallest absolute Gasteiger partial charge is 0.122 e. The summed E-state index contributed by atoms with van der Waals surface area (Å²) in [6.45, 7) is 2.66. The second kappa shape index (κ2) is 5.93. The number of aryl methyl sites for hydroxylation is 1. The molecule has 1 saturated heterocycles. The van der Waals surface area contributed by atoms with Crippen molar-refractivity contribution >= 4 is 0 Å². The molecule has 104 valence electrons. The van der Waals surface area contributed by atoms with Crippen molar-refractivity contribution in [2.45, 2.75) is 38.1 Å². The van der Waals surface area contributed by atoms with Gasteiger partial charge in [0.05, 0.1) is 6.61 Å². The Morgan fingerprint density at radius 3 is 3.11 bits per heavy atom. The molecule has 1 aromatic carbocycles. The maximum Gasteiger partial charge on any atom is 0.122 e. The van der Waals surface area contributed by atoms with Crippen LogP contribution in [0.25, 0.3) is 0 Å². The molecule has 1 aromatic rings. The topological polar surface area (TPSA) is 44.5 Å². The molecule has 2 aliphatic rings. The van der Waals surface area contributed by atoms with E-state index in [0.717, 1.165) is 51.3 Å². The lowest BCUT2D eigenvalue weighted by Crippen LogP contribution is -2.24. The summed E-state index contributed by atoms with van der Waals surface area (Å²) in [6.07, 6.45) is 5.48. The molecule has 0 spiro atoms. The zero-order chi connectivity index (χ0) is 13.1. The van der Waals surface area contributed by atoms with Gasteiger partial charge in [-0.05, 0) is 48.8 Å². The van der Waals surface area contributed by atoms with Crippen molar-refractivity contribution in [2.24, 2.45) is 11.7 Å². The van der Waals surface area contributed by atoms with Crippen molar-refractivity contribution in [3.63, 3.8) is 0 Å². The Balaban J connectivity index is 1.48. The summed E-state index contributed by atoms with van der Waals surface area (Å²) < 4.78 is 10.9. The van der Waals surface area contributed by atoms with Crippen LogP contribution in [0.1, 0.15) is 30.4 Å². The first kappa shape index (κ1) is 12.9. The van der Waals surface area contributed by atoms with Gasteiger partial charge in [-0.2, -0.15) is 0 Å². The van der Waals surface area contributed by atoms with Crippen LogP contribution in [0.15, 0.2) is 18.2 Å². The van der Waals surface area contributed by atoms with E-state index < -0.39 is 0 Å². The Labute approximate surface area is 115 Å². The van der Waals surface area contributed by atoms with Crippen LogP contribution in [0.5, 0.6) is 5.75 Å². The van der Waals surface area contributed by atoms with Crippen LogP contribution in [-0.4, -0.2) is 25.9 Å². The summed E-state index contributed by atoms with van der Waals surface area (Å²) in [5, 5.41) is 0. The summed E-state index contributed by atoms with van der Waals surface area (Å²) in [7, 11) is 0. The summed E-state index contributed by atoms with van der Waals surface area (Å²) in [6, 6.07) is 6.87. The average Bonchev–Trinajstić information content (AvgIpc) is 3.06. The van der Waals surface area contributed by atoms with E-state index in [2.05, 4.69) is 18.2 Å². The van der Waals surface area contributed by atoms with E-state index in [1.54, 1.807) is 0 Å². The molecule has 3 nitrogen and oxygen atoms in total. The van der Waals surface area contributed by atoms with Crippen LogP contribution in [0.3, 0.4) is 0 Å². The van der Waals surface area contributed by atoms with Crippen molar-refractivity contribution < 1.29 is 9.47 Å². The minimum atomic E-state index is 0.302. The largest absolute Gasteiger partial charge is 0.493 e. The summed E-state index contributed by atoms with van der Waals surface area (Å²) >= 11 is 0. The van der Waals surface area contributed by atoms with Gasteiger partial charge < -0.3 is 15.2 Å². The lowest BCUT2D eigenvalue weighted by Gasteiger charge is -2.15. The summed E-state index contributed by atoms with van der Waals surface area (Å²) in [4.78, 5) is 0. The van der Waals surface area contributed by atoms with Gasteiger partial charge in [-0.15, -0.1) is 0 Å². The van der Waals surface area contributed by atoms with Gasteiger partial charge in [-0.3, -0.25) is 0 Å². The van der Waals surface area contributed by atoms with E-state index in [1.165, 1.54) is 17.5 Å². The quantitative estimate of drug-likeness (QED) is 0.884. The Hall–Kier alpha value is -1.06. The van der Waals surface area contributed by atoms with Gasteiger partial charge in [0.2, 0.25) is 0 Å². The fourth-order valence-corrected chi connectivity index (χ4v) is 3.06. The Morgan fingerprint density at radius 2 is 2.26 bits per heavy atom. The third kappa shape index (κ3) is 3.28. The van der Waals surface area contributed by atoms with Crippen LogP contribution < -0.4 is 10.5 Å². The molecule has 2 heterocycles. The zero-order valence-electron chi connectivity index (χ0n) is 11.4. The lowest BCUT2D eigenvalue weighted by atomic mass is 9.95. The molecule has 0 saturated carbocycles. The second-order valence-electron chi connectivity index (χ2n) is 5.80.